The van der Waals surface area contributed by atoms with E-state index in [0.29, 0.717) is 24.5 Å². The van der Waals surface area contributed by atoms with Crippen LogP contribution < -0.4 is 16.0 Å². The number of phenols is 1. The minimum atomic E-state index is -0.218. The van der Waals surface area contributed by atoms with Crippen molar-refractivity contribution in [2.45, 2.75) is 26.3 Å². The Morgan fingerprint density at radius 3 is 2.70 bits per heavy atom. The third-order valence-corrected chi connectivity index (χ3v) is 7.22. The number of amides is 1. The summed E-state index contributed by atoms with van der Waals surface area (Å²) < 4.78 is 1.11. The molecule has 0 aliphatic rings. The molecule has 10 heteroatoms. The van der Waals surface area contributed by atoms with Gasteiger partial charge in [-0.05, 0) is 56.2 Å². The maximum Gasteiger partial charge on any atom is 0.270 e. The van der Waals surface area contributed by atoms with Crippen LogP contribution in [0, 0.1) is 0 Å². The van der Waals surface area contributed by atoms with Crippen molar-refractivity contribution in [2.24, 2.45) is 0 Å². The fourth-order valence-electron chi connectivity index (χ4n) is 3.78. The molecule has 0 spiro atoms. The summed E-state index contributed by atoms with van der Waals surface area (Å²) in [4.78, 5) is 26.2. The molecule has 5 aromatic rings. The van der Waals surface area contributed by atoms with Gasteiger partial charge in [0.1, 0.15) is 22.3 Å². The molecule has 2 aromatic carbocycles. The lowest BCUT2D eigenvalue weighted by atomic mass is 10.1. The maximum absolute atomic E-state index is 12.7. The molecule has 8 nitrogen and oxygen atoms in total. The van der Waals surface area contributed by atoms with Gasteiger partial charge in [-0.2, -0.15) is 0 Å². The normalized spacial score (nSPS) is 11.1. The predicted molar refractivity (Wildman–Crippen MR) is 151 cm³/mol. The first-order chi connectivity index (χ1) is 17.9. The van der Waals surface area contributed by atoms with Crippen LogP contribution in [0.1, 0.15) is 29.9 Å². The molecule has 0 unspecified atom stereocenters. The molecule has 3 aromatic heterocycles. The lowest BCUT2D eigenvalue weighted by Gasteiger charge is -2.15. The number of pyridine rings is 1. The van der Waals surface area contributed by atoms with Crippen LogP contribution in [0.4, 0.5) is 17.2 Å². The van der Waals surface area contributed by atoms with E-state index in [1.54, 1.807) is 35.0 Å². The minimum Gasteiger partial charge on any atom is -0.508 e. The highest BCUT2D eigenvalue weighted by atomic mass is 32.1. The number of phenolic OH excluding ortho intramolecular Hbond substituents is 1. The summed E-state index contributed by atoms with van der Waals surface area (Å²) >= 11 is 3.01. The Bertz CT molecular complexity index is 1530. The number of anilines is 3. The third kappa shape index (κ3) is 6.04. The lowest BCUT2D eigenvalue weighted by Crippen LogP contribution is -2.25. The van der Waals surface area contributed by atoms with Crippen LogP contribution in [0.3, 0.4) is 0 Å². The monoisotopic (exact) mass is 530 g/mol. The molecule has 0 aliphatic carbocycles. The number of hydrogen-bond donors (Lipinski definition) is 4. The molecular formula is C27H26N6O2S2. The van der Waals surface area contributed by atoms with E-state index in [4.69, 9.17) is 0 Å². The van der Waals surface area contributed by atoms with Gasteiger partial charge < -0.3 is 21.1 Å². The van der Waals surface area contributed by atoms with Crippen molar-refractivity contribution in [1.29, 1.82) is 0 Å². The van der Waals surface area contributed by atoms with Crippen molar-refractivity contribution >= 4 is 56.0 Å². The number of rotatable bonds is 9. The Kier molecular flexibility index (Phi) is 7.29. The van der Waals surface area contributed by atoms with Gasteiger partial charge in [0.25, 0.3) is 5.91 Å². The number of aromatic nitrogens is 3. The van der Waals surface area contributed by atoms with E-state index in [0.717, 1.165) is 37.7 Å². The van der Waals surface area contributed by atoms with E-state index in [-0.39, 0.29) is 17.7 Å². The predicted octanol–water partition coefficient (Wildman–Crippen LogP) is 6.06. The van der Waals surface area contributed by atoms with Crippen molar-refractivity contribution < 1.29 is 9.90 Å². The van der Waals surface area contributed by atoms with E-state index < -0.39 is 0 Å². The number of aromatic hydroxyl groups is 1. The third-order valence-electron chi connectivity index (χ3n) is 5.55. The standard InChI is InChI=1S/C27H26N6O2S2/c1-16(2)31-22-12-25(32-18-5-8-21-24(11-18)37-15-30-21)29-13-20(22)27-33-23(14-36-27)26(35)28-10-9-17-3-6-19(34)7-4-17/h3-8,11-16,34H,9-10H2,1-2H3,(H,28,35)(H2,29,31,32). The molecule has 5 rings (SSSR count). The molecule has 3 heterocycles. The second kappa shape index (κ2) is 10.9. The molecule has 0 bridgehead atoms. The first-order valence-electron chi connectivity index (χ1n) is 11.8. The average Bonchev–Trinajstić information content (AvgIpc) is 3.55. The second-order valence-corrected chi connectivity index (χ2v) is 10.5. The van der Waals surface area contributed by atoms with Crippen LogP contribution in [0.2, 0.25) is 0 Å². The zero-order chi connectivity index (χ0) is 25.8. The smallest absolute Gasteiger partial charge is 0.270 e. The summed E-state index contributed by atoms with van der Waals surface area (Å²) in [6, 6.07) is 15.2. The summed E-state index contributed by atoms with van der Waals surface area (Å²) in [5.41, 5.74) is 6.89. The van der Waals surface area contributed by atoms with Crippen molar-refractivity contribution in [3.63, 3.8) is 0 Å². The van der Waals surface area contributed by atoms with Gasteiger partial charge in [-0.1, -0.05) is 12.1 Å². The Morgan fingerprint density at radius 2 is 1.89 bits per heavy atom. The van der Waals surface area contributed by atoms with Gasteiger partial charge in [0.05, 0.1) is 21.3 Å². The van der Waals surface area contributed by atoms with E-state index in [9.17, 15) is 9.90 Å². The highest BCUT2D eigenvalue weighted by Crippen LogP contribution is 2.33. The summed E-state index contributed by atoms with van der Waals surface area (Å²) in [7, 11) is 0. The molecule has 0 radical (unpaired) electrons. The number of thiazole rings is 2. The molecule has 0 saturated heterocycles. The van der Waals surface area contributed by atoms with Gasteiger partial charge in [0.2, 0.25) is 0 Å². The zero-order valence-electron chi connectivity index (χ0n) is 20.4. The van der Waals surface area contributed by atoms with Gasteiger partial charge in [0, 0.05) is 41.6 Å². The Balaban J connectivity index is 1.30. The van der Waals surface area contributed by atoms with Gasteiger partial charge in [0.15, 0.2) is 0 Å². The molecule has 37 heavy (non-hydrogen) atoms. The number of carbonyl (C=O) groups excluding carboxylic acids is 1. The van der Waals surface area contributed by atoms with E-state index in [2.05, 4.69) is 50.8 Å². The maximum atomic E-state index is 12.7. The Labute approximate surface area is 222 Å². The highest BCUT2D eigenvalue weighted by Gasteiger charge is 2.16. The molecule has 4 N–H and O–H groups in total. The Morgan fingerprint density at radius 1 is 1.05 bits per heavy atom. The number of fused-ring (bicyclic) bond motifs is 1. The fraction of sp³-hybridized carbons (Fsp3) is 0.185. The van der Waals surface area contributed by atoms with E-state index in [1.807, 2.05) is 35.8 Å². The molecule has 1 amide bonds. The van der Waals surface area contributed by atoms with Crippen molar-refractivity contribution in [2.75, 3.05) is 17.2 Å². The topological polar surface area (TPSA) is 112 Å². The minimum absolute atomic E-state index is 0.199. The lowest BCUT2D eigenvalue weighted by molar-refractivity contribution is 0.0950. The molecule has 0 atom stereocenters. The van der Waals surface area contributed by atoms with Crippen LogP contribution in [0.15, 0.2) is 65.6 Å². The number of hydrogen-bond acceptors (Lipinski definition) is 9. The fourth-order valence-corrected chi connectivity index (χ4v) is 5.32. The number of benzene rings is 2. The van der Waals surface area contributed by atoms with Crippen molar-refractivity contribution in [3.8, 4) is 16.3 Å². The first kappa shape index (κ1) is 24.7. The van der Waals surface area contributed by atoms with Gasteiger partial charge in [-0.25, -0.2) is 15.0 Å². The van der Waals surface area contributed by atoms with Crippen LogP contribution >= 0.6 is 22.7 Å². The quantitative estimate of drug-likeness (QED) is 0.183. The SMILES string of the molecule is CC(C)Nc1cc(Nc2ccc3ncsc3c2)ncc1-c1nc(C(=O)NCCc2ccc(O)cc2)cs1. The van der Waals surface area contributed by atoms with Crippen LogP contribution in [-0.4, -0.2) is 38.6 Å². The van der Waals surface area contributed by atoms with E-state index in [1.165, 1.54) is 11.3 Å². The van der Waals surface area contributed by atoms with Crippen molar-refractivity contribution in [1.82, 2.24) is 20.3 Å². The summed E-state index contributed by atoms with van der Waals surface area (Å²) in [6.45, 7) is 4.62. The second-order valence-electron chi connectivity index (χ2n) is 8.78. The van der Waals surface area contributed by atoms with Gasteiger partial charge >= 0.3 is 0 Å². The van der Waals surface area contributed by atoms with Crippen LogP contribution in [-0.2, 0) is 6.42 Å². The number of nitrogens with zero attached hydrogens (tertiary/aromatic N) is 3. The number of carbonyl (C=O) groups is 1. The summed E-state index contributed by atoms with van der Waals surface area (Å²) in [5.74, 6) is 0.716. The molecule has 0 fully saturated rings. The van der Waals surface area contributed by atoms with Crippen molar-refractivity contribution in [3.05, 3.63) is 76.9 Å². The molecule has 188 valence electrons. The summed E-state index contributed by atoms with van der Waals surface area (Å²) in [5, 5.41) is 21.7. The van der Waals surface area contributed by atoms with Crippen LogP contribution in [0.5, 0.6) is 5.75 Å². The highest BCUT2D eigenvalue weighted by molar-refractivity contribution is 7.16. The zero-order valence-corrected chi connectivity index (χ0v) is 22.0. The number of nitrogens with one attached hydrogen (secondary N) is 3. The Hall–Kier alpha value is -4.02. The van der Waals surface area contributed by atoms with Gasteiger partial charge in [-0.15, -0.1) is 22.7 Å². The van der Waals surface area contributed by atoms with Gasteiger partial charge in [-0.3, -0.25) is 4.79 Å². The average molecular weight is 531 g/mol. The molecule has 0 aliphatic heterocycles. The summed E-state index contributed by atoms with van der Waals surface area (Å²) in [6.07, 6.45) is 2.45. The van der Waals surface area contributed by atoms with E-state index >= 15 is 0 Å². The largest absolute Gasteiger partial charge is 0.508 e. The molecule has 0 saturated carbocycles. The van der Waals surface area contributed by atoms with Crippen LogP contribution in [0.25, 0.3) is 20.8 Å². The first-order valence-corrected chi connectivity index (χ1v) is 13.6. The molecular weight excluding hydrogens is 504 g/mol.